The predicted octanol–water partition coefficient (Wildman–Crippen LogP) is 4.06. The smallest absolute Gasteiger partial charge is 0.159 e. The average molecular weight is 291 g/mol. The normalized spacial score (nSPS) is 12.2. The second-order valence-electron chi connectivity index (χ2n) is 4.80. The zero-order chi connectivity index (χ0) is 15.2. The molecule has 0 heterocycles. The molecular weight excluding hydrogens is 272 g/mol. The second kappa shape index (κ2) is 7.18. The maximum absolute atomic E-state index is 13.5. The predicted molar refractivity (Wildman–Crippen MR) is 79.5 cm³/mol. The number of ether oxygens (including phenoxy) is 1. The van der Waals surface area contributed by atoms with E-state index in [4.69, 9.17) is 4.74 Å². The van der Waals surface area contributed by atoms with Crippen molar-refractivity contribution in [1.82, 2.24) is 5.32 Å². The Morgan fingerprint density at radius 3 is 2.52 bits per heavy atom. The zero-order valence-corrected chi connectivity index (χ0v) is 12.2. The average Bonchev–Trinajstić information content (AvgIpc) is 2.51. The molecule has 0 saturated carbocycles. The van der Waals surface area contributed by atoms with E-state index in [-0.39, 0.29) is 6.04 Å². The quantitative estimate of drug-likeness (QED) is 0.866. The van der Waals surface area contributed by atoms with Crippen molar-refractivity contribution >= 4 is 0 Å². The molecule has 1 unspecified atom stereocenters. The molecule has 0 saturated heterocycles. The van der Waals surface area contributed by atoms with Crippen LogP contribution in [0.1, 0.15) is 30.5 Å². The van der Waals surface area contributed by atoms with E-state index in [2.05, 4.69) is 12.2 Å². The number of hydrogen-bond acceptors (Lipinski definition) is 2. The number of nitrogens with one attached hydrogen (secondary N) is 1. The fraction of sp³-hybridized carbons (Fsp3) is 0.294. The summed E-state index contributed by atoms with van der Waals surface area (Å²) in [7, 11) is 1.60. The van der Waals surface area contributed by atoms with E-state index >= 15 is 0 Å². The summed E-state index contributed by atoms with van der Waals surface area (Å²) in [4.78, 5) is 0. The van der Waals surface area contributed by atoms with Crippen molar-refractivity contribution in [1.29, 1.82) is 0 Å². The Hall–Kier alpha value is -1.94. The van der Waals surface area contributed by atoms with Crippen LogP contribution in [0.15, 0.2) is 42.5 Å². The van der Waals surface area contributed by atoms with E-state index in [0.717, 1.165) is 30.3 Å². The Morgan fingerprint density at radius 2 is 1.86 bits per heavy atom. The number of hydrogen-bond donors (Lipinski definition) is 1. The van der Waals surface area contributed by atoms with E-state index in [9.17, 15) is 8.78 Å². The van der Waals surface area contributed by atoms with E-state index in [1.807, 2.05) is 24.3 Å². The minimum Gasteiger partial charge on any atom is -0.496 e. The molecule has 0 aliphatic carbocycles. The number of benzene rings is 2. The summed E-state index contributed by atoms with van der Waals surface area (Å²) >= 11 is 0. The first-order chi connectivity index (χ1) is 10.2. The maximum Gasteiger partial charge on any atom is 0.159 e. The van der Waals surface area contributed by atoms with Crippen molar-refractivity contribution in [3.05, 3.63) is 65.2 Å². The molecule has 2 aromatic rings. The lowest BCUT2D eigenvalue weighted by atomic mass is 9.97. The van der Waals surface area contributed by atoms with Gasteiger partial charge in [0, 0.05) is 5.56 Å². The molecule has 21 heavy (non-hydrogen) atoms. The van der Waals surface area contributed by atoms with Crippen molar-refractivity contribution in [3.8, 4) is 5.75 Å². The lowest BCUT2D eigenvalue weighted by Crippen LogP contribution is -2.24. The third kappa shape index (κ3) is 3.58. The minimum absolute atomic E-state index is 0.240. The largest absolute Gasteiger partial charge is 0.496 e. The van der Waals surface area contributed by atoms with Gasteiger partial charge in [0.05, 0.1) is 13.2 Å². The minimum atomic E-state index is -0.842. The van der Waals surface area contributed by atoms with Gasteiger partial charge < -0.3 is 10.1 Å². The van der Waals surface area contributed by atoms with Gasteiger partial charge in [0.25, 0.3) is 0 Å². The molecular formula is C17H19F2NO. The Balaban J connectivity index is 2.44. The molecule has 2 aromatic carbocycles. The fourth-order valence-corrected chi connectivity index (χ4v) is 2.29. The van der Waals surface area contributed by atoms with Crippen molar-refractivity contribution in [2.45, 2.75) is 19.4 Å². The first kappa shape index (κ1) is 15.4. The third-order valence-electron chi connectivity index (χ3n) is 3.33. The van der Waals surface area contributed by atoms with Gasteiger partial charge in [-0.05, 0) is 36.7 Å². The second-order valence-corrected chi connectivity index (χ2v) is 4.80. The summed E-state index contributed by atoms with van der Waals surface area (Å²) in [6.07, 6.45) is 0.940. The Bertz CT molecular complexity index is 601. The molecule has 1 atom stereocenters. The standard InChI is InChI=1S/C17H19F2NO/c1-3-10-20-17(12-8-9-14(18)15(19)11-12)13-6-4-5-7-16(13)21-2/h4-9,11,17,20H,3,10H2,1-2H3. The number of para-hydroxylation sites is 1. The van der Waals surface area contributed by atoms with Crippen LogP contribution in [-0.4, -0.2) is 13.7 Å². The summed E-state index contributed by atoms with van der Waals surface area (Å²) in [5.74, 6) is -0.963. The van der Waals surface area contributed by atoms with Crippen LogP contribution in [0.4, 0.5) is 8.78 Å². The van der Waals surface area contributed by atoms with Gasteiger partial charge >= 0.3 is 0 Å². The summed E-state index contributed by atoms with van der Waals surface area (Å²) in [5, 5.41) is 3.35. The van der Waals surface area contributed by atoms with Gasteiger partial charge in [-0.3, -0.25) is 0 Å². The van der Waals surface area contributed by atoms with Crippen molar-refractivity contribution in [2.24, 2.45) is 0 Å². The summed E-state index contributed by atoms with van der Waals surface area (Å²) in [5.41, 5.74) is 1.58. The molecule has 0 bridgehead atoms. The molecule has 2 rings (SSSR count). The highest BCUT2D eigenvalue weighted by atomic mass is 19.2. The third-order valence-corrected chi connectivity index (χ3v) is 3.33. The highest BCUT2D eigenvalue weighted by Crippen LogP contribution is 2.30. The molecule has 4 heteroatoms. The number of methoxy groups -OCH3 is 1. The number of halogens is 2. The summed E-state index contributed by atoms with van der Waals surface area (Å²) in [6, 6.07) is 11.3. The lowest BCUT2D eigenvalue weighted by Gasteiger charge is -2.22. The van der Waals surface area contributed by atoms with Gasteiger partial charge in [-0.15, -0.1) is 0 Å². The molecule has 112 valence electrons. The Kier molecular flexibility index (Phi) is 5.28. The molecule has 0 amide bonds. The van der Waals surface area contributed by atoms with E-state index in [1.165, 1.54) is 6.07 Å². The van der Waals surface area contributed by atoms with Crippen LogP contribution in [0.3, 0.4) is 0 Å². The lowest BCUT2D eigenvalue weighted by molar-refractivity contribution is 0.403. The molecule has 0 radical (unpaired) electrons. The first-order valence-corrected chi connectivity index (χ1v) is 6.98. The Morgan fingerprint density at radius 1 is 1.10 bits per heavy atom. The maximum atomic E-state index is 13.5. The van der Waals surface area contributed by atoms with Gasteiger partial charge in [0.1, 0.15) is 5.75 Å². The van der Waals surface area contributed by atoms with Crippen LogP contribution < -0.4 is 10.1 Å². The Labute approximate surface area is 123 Å². The highest BCUT2D eigenvalue weighted by Gasteiger charge is 2.18. The monoisotopic (exact) mass is 291 g/mol. The van der Waals surface area contributed by atoms with Crippen molar-refractivity contribution in [3.63, 3.8) is 0 Å². The molecule has 0 spiro atoms. The molecule has 0 aliphatic heterocycles. The highest BCUT2D eigenvalue weighted by molar-refractivity contribution is 5.41. The van der Waals surface area contributed by atoms with Crippen LogP contribution in [0.2, 0.25) is 0 Å². The van der Waals surface area contributed by atoms with Gasteiger partial charge in [0.2, 0.25) is 0 Å². The summed E-state index contributed by atoms with van der Waals surface area (Å²) in [6.45, 7) is 2.82. The van der Waals surface area contributed by atoms with Crippen LogP contribution in [0.5, 0.6) is 5.75 Å². The fourth-order valence-electron chi connectivity index (χ4n) is 2.29. The molecule has 0 fully saturated rings. The first-order valence-electron chi connectivity index (χ1n) is 6.98. The van der Waals surface area contributed by atoms with Crippen molar-refractivity contribution in [2.75, 3.05) is 13.7 Å². The number of rotatable bonds is 6. The van der Waals surface area contributed by atoms with Crippen LogP contribution >= 0.6 is 0 Å². The van der Waals surface area contributed by atoms with E-state index in [0.29, 0.717) is 5.56 Å². The zero-order valence-electron chi connectivity index (χ0n) is 12.2. The summed E-state index contributed by atoms with van der Waals surface area (Å²) < 4.78 is 32.0. The van der Waals surface area contributed by atoms with Gasteiger partial charge in [-0.1, -0.05) is 31.2 Å². The molecule has 0 aliphatic rings. The molecule has 2 nitrogen and oxygen atoms in total. The topological polar surface area (TPSA) is 21.3 Å². The van der Waals surface area contributed by atoms with Crippen LogP contribution in [0.25, 0.3) is 0 Å². The van der Waals surface area contributed by atoms with Crippen LogP contribution in [-0.2, 0) is 0 Å². The van der Waals surface area contributed by atoms with E-state index in [1.54, 1.807) is 13.2 Å². The van der Waals surface area contributed by atoms with Gasteiger partial charge in [-0.2, -0.15) is 0 Å². The molecule has 1 N–H and O–H groups in total. The SMILES string of the molecule is CCCNC(c1ccc(F)c(F)c1)c1ccccc1OC. The van der Waals surface area contributed by atoms with Crippen molar-refractivity contribution < 1.29 is 13.5 Å². The van der Waals surface area contributed by atoms with Gasteiger partial charge in [0.15, 0.2) is 11.6 Å². The van der Waals surface area contributed by atoms with Gasteiger partial charge in [-0.25, -0.2) is 8.78 Å². The van der Waals surface area contributed by atoms with Crippen LogP contribution in [0, 0.1) is 11.6 Å². The van der Waals surface area contributed by atoms with E-state index < -0.39 is 11.6 Å². The molecule has 0 aromatic heterocycles.